The number of hydrogen-bond acceptors (Lipinski definition) is 4. The molecule has 18 heavy (non-hydrogen) atoms. The van der Waals surface area contributed by atoms with Crippen LogP contribution in [0.15, 0.2) is 12.3 Å². The Hall–Kier alpha value is -2.11. The van der Waals surface area contributed by atoms with Crippen LogP contribution in [0, 0.1) is 0 Å². The summed E-state index contributed by atoms with van der Waals surface area (Å²) in [5.41, 5.74) is 4.50. The van der Waals surface area contributed by atoms with Crippen molar-refractivity contribution in [1.82, 2.24) is 4.98 Å². The van der Waals surface area contributed by atoms with E-state index in [4.69, 9.17) is 15.6 Å². The number of carboxylic acids is 1. The van der Waals surface area contributed by atoms with Crippen molar-refractivity contribution >= 4 is 11.9 Å². The highest BCUT2D eigenvalue weighted by Gasteiger charge is 2.31. The third-order valence-corrected chi connectivity index (χ3v) is 2.64. The van der Waals surface area contributed by atoms with Crippen molar-refractivity contribution in [3.63, 3.8) is 0 Å². The lowest BCUT2D eigenvalue weighted by molar-refractivity contribution is -0.142. The molecule has 1 heterocycles. The molecule has 6 nitrogen and oxygen atoms in total. The van der Waals surface area contributed by atoms with Gasteiger partial charge < -0.3 is 15.6 Å². The average molecular weight is 252 g/mol. The molecule has 0 bridgehead atoms. The van der Waals surface area contributed by atoms with Crippen molar-refractivity contribution in [3.05, 3.63) is 23.5 Å². The van der Waals surface area contributed by atoms with Gasteiger partial charge in [0.15, 0.2) is 11.4 Å². The predicted molar refractivity (Wildman–Crippen MR) is 64.6 cm³/mol. The van der Waals surface area contributed by atoms with Crippen LogP contribution in [0.5, 0.6) is 5.75 Å². The van der Waals surface area contributed by atoms with Gasteiger partial charge in [-0.15, -0.1) is 0 Å². The molecule has 0 unspecified atom stereocenters. The second-order valence-electron chi connectivity index (χ2n) is 4.30. The lowest BCUT2D eigenvalue weighted by atomic mass is 9.85. The molecule has 98 valence electrons. The summed E-state index contributed by atoms with van der Waals surface area (Å²) in [6.45, 7) is 5.18. The first-order valence-corrected chi connectivity index (χ1v) is 5.47. The van der Waals surface area contributed by atoms with Crippen LogP contribution in [0.4, 0.5) is 0 Å². The molecule has 3 N–H and O–H groups in total. The fraction of sp³-hybridized carbons (Fsp3) is 0.417. The number of carbonyl (C=O) groups is 2. The third-order valence-electron chi connectivity index (χ3n) is 2.64. The number of primary amides is 1. The molecule has 0 aromatic carbocycles. The molecular formula is C12H16N2O4. The number of amides is 1. The smallest absolute Gasteiger partial charge is 0.313 e. The number of carbonyl (C=O) groups excluding carboxylic acids is 1. The van der Waals surface area contributed by atoms with E-state index in [1.54, 1.807) is 20.8 Å². The van der Waals surface area contributed by atoms with Crippen molar-refractivity contribution in [2.75, 3.05) is 6.61 Å². The van der Waals surface area contributed by atoms with Gasteiger partial charge in [-0.25, -0.2) is 4.98 Å². The van der Waals surface area contributed by atoms with Crippen LogP contribution in [0.25, 0.3) is 0 Å². The molecule has 0 aliphatic carbocycles. The summed E-state index contributed by atoms with van der Waals surface area (Å²) in [7, 11) is 0. The Balaban J connectivity index is 3.31. The molecule has 0 radical (unpaired) electrons. The van der Waals surface area contributed by atoms with Crippen molar-refractivity contribution in [3.8, 4) is 5.75 Å². The second-order valence-corrected chi connectivity index (χ2v) is 4.30. The number of pyridine rings is 1. The van der Waals surface area contributed by atoms with Crippen LogP contribution >= 0.6 is 0 Å². The van der Waals surface area contributed by atoms with Crippen LogP contribution in [-0.4, -0.2) is 28.6 Å². The minimum Gasteiger partial charge on any atom is -0.491 e. The Morgan fingerprint density at radius 3 is 2.56 bits per heavy atom. The fourth-order valence-electron chi connectivity index (χ4n) is 1.36. The average Bonchev–Trinajstić information content (AvgIpc) is 2.28. The molecule has 1 amide bonds. The molecule has 0 atom stereocenters. The first kappa shape index (κ1) is 14.0. The van der Waals surface area contributed by atoms with Crippen LogP contribution in [-0.2, 0) is 10.2 Å². The highest BCUT2D eigenvalue weighted by Crippen LogP contribution is 2.27. The second kappa shape index (κ2) is 5.03. The van der Waals surface area contributed by atoms with E-state index in [0.717, 1.165) is 0 Å². The first-order chi connectivity index (χ1) is 8.30. The molecule has 0 aliphatic heterocycles. The van der Waals surface area contributed by atoms with E-state index in [9.17, 15) is 9.59 Å². The Kier molecular flexibility index (Phi) is 3.90. The highest BCUT2D eigenvalue weighted by atomic mass is 16.5. The molecule has 1 rings (SSSR count). The van der Waals surface area contributed by atoms with Gasteiger partial charge in [0.25, 0.3) is 5.91 Å². The highest BCUT2D eigenvalue weighted by molar-refractivity contribution is 5.93. The van der Waals surface area contributed by atoms with Crippen LogP contribution in [0.3, 0.4) is 0 Å². The van der Waals surface area contributed by atoms with E-state index in [-0.39, 0.29) is 11.4 Å². The van der Waals surface area contributed by atoms with Crippen LogP contribution in [0.1, 0.15) is 36.8 Å². The van der Waals surface area contributed by atoms with Crippen molar-refractivity contribution in [1.29, 1.82) is 0 Å². The maximum atomic E-state index is 11.2. The predicted octanol–water partition coefficient (Wildman–Crippen LogP) is 0.941. The minimum absolute atomic E-state index is 0.00166. The molecule has 6 heteroatoms. The molecule has 0 saturated carbocycles. The standard InChI is InChI=1S/C12H16N2O4/c1-4-18-8-5-7(12(2,3)11(16)17)6-14-9(8)10(13)15/h5-6H,4H2,1-3H3,(H2,13,15)(H,16,17). The number of aromatic nitrogens is 1. The maximum Gasteiger partial charge on any atom is 0.313 e. The molecule has 0 spiro atoms. The number of nitrogens with two attached hydrogens (primary N) is 1. The summed E-state index contributed by atoms with van der Waals surface area (Å²) in [6, 6.07) is 1.49. The van der Waals surface area contributed by atoms with Crippen molar-refractivity contribution in [2.45, 2.75) is 26.2 Å². The normalized spacial score (nSPS) is 11.1. The molecule has 0 fully saturated rings. The van der Waals surface area contributed by atoms with Gasteiger partial charge in [-0.3, -0.25) is 9.59 Å². The summed E-state index contributed by atoms with van der Waals surface area (Å²) >= 11 is 0. The molecule has 1 aromatic heterocycles. The van der Waals surface area contributed by atoms with E-state index >= 15 is 0 Å². The van der Waals surface area contributed by atoms with E-state index in [2.05, 4.69) is 4.98 Å². The molecule has 1 aromatic rings. The molecule has 0 aliphatic rings. The minimum atomic E-state index is -1.12. The molecular weight excluding hydrogens is 236 g/mol. The summed E-state index contributed by atoms with van der Waals surface area (Å²) in [5.74, 6) is -1.49. The Morgan fingerprint density at radius 2 is 2.11 bits per heavy atom. The van der Waals surface area contributed by atoms with Crippen molar-refractivity contribution in [2.24, 2.45) is 5.73 Å². The van der Waals surface area contributed by atoms with Crippen LogP contribution < -0.4 is 10.5 Å². The van der Waals surface area contributed by atoms with E-state index in [1.165, 1.54) is 12.3 Å². The number of rotatable bonds is 5. The Morgan fingerprint density at radius 1 is 1.50 bits per heavy atom. The van der Waals surface area contributed by atoms with Crippen LogP contribution in [0.2, 0.25) is 0 Å². The largest absolute Gasteiger partial charge is 0.491 e. The SMILES string of the molecule is CCOc1cc(C(C)(C)C(=O)O)cnc1C(N)=O. The van der Waals surface area contributed by atoms with Gasteiger partial charge in [-0.1, -0.05) is 0 Å². The lowest BCUT2D eigenvalue weighted by Crippen LogP contribution is -2.29. The maximum absolute atomic E-state index is 11.2. The third kappa shape index (κ3) is 2.58. The van der Waals surface area contributed by atoms with Gasteiger partial charge in [0.1, 0.15) is 0 Å². The Bertz CT molecular complexity index is 483. The monoisotopic (exact) mass is 252 g/mol. The zero-order chi connectivity index (χ0) is 13.9. The zero-order valence-electron chi connectivity index (χ0n) is 10.6. The summed E-state index contributed by atoms with van der Waals surface area (Å²) in [6.07, 6.45) is 1.33. The van der Waals surface area contributed by atoms with Gasteiger partial charge in [-0.2, -0.15) is 0 Å². The molecule has 0 saturated heterocycles. The first-order valence-electron chi connectivity index (χ1n) is 5.47. The fourth-order valence-corrected chi connectivity index (χ4v) is 1.36. The van der Waals surface area contributed by atoms with Crippen molar-refractivity contribution < 1.29 is 19.4 Å². The topological polar surface area (TPSA) is 103 Å². The number of nitrogens with zero attached hydrogens (tertiary/aromatic N) is 1. The number of carboxylic acid groups (broad SMARTS) is 1. The van der Waals surface area contributed by atoms with Gasteiger partial charge in [0.2, 0.25) is 0 Å². The summed E-state index contributed by atoms with van der Waals surface area (Å²) in [4.78, 5) is 26.2. The summed E-state index contributed by atoms with van der Waals surface area (Å²) in [5, 5.41) is 9.13. The van der Waals surface area contributed by atoms with Gasteiger partial charge >= 0.3 is 5.97 Å². The zero-order valence-corrected chi connectivity index (χ0v) is 10.6. The van der Waals surface area contributed by atoms with E-state index in [1.807, 2.05) is 0 Å². The van der Waals surface area contributed by atoms with E-state index in [0.29, 0.717) is 12.2 Å². The number of ether oxygens (including phenoxy) is 1. The van der Waals surface area contributed by atoms with Gasteiger partial charge in [-0.05, 0) is 32.4 Å². The Labute approximate surface area is 105 Å². The van der Waals surface area contributed by atoms with Gasteiger partial charge in [0, 0.05) is 6.20 Å². The lowest BCUT2D eigenvalue weighted by Gasteiger charge is -2.20. The number of aliphatic carboxylic acids is 1. The van der Waals surface area contributed by atoms with Gasteiger partial charge in [0.05, 0.1) is 12.0 Å². The van der Waals surface area contributed by atoms with E-state index < -0.39 is 17.3 Å². The quantitative estimate of drug-likeness (QED) is 0.811. The number of hydrogen-bond donors (Lipinski definition) is 2. The summed E-state index contributed by atoms with van der Waals surface area (Å²) < 4.78 is 5.26.